The van der Waals surface area contributed by atoms with Gasteiger partial charge in [-0.3, -0.25) is 9.36 Å². The Morgan fingerprint density at radius 2 is 2.00 bits per heavy atom. The van der Waals surface area contributed by atoms with Crippen LogP contribution < -0.4 is 5.56 Å². The average Bonchev–Trinajstić information content (AvgIpc) is 2.22. The van der Waals surface area contributed by atoms with Gasteiger partial charge >= 0.3 is 0 Å². The van der Waals surface area contributed by atoms with Gasteiger partial charge in [0.1, 0.15) is 5.82 Å². The van der Waals surface area contributed by atoms with Gasteiger partial charge in [0.25, 0.3) is 5.56 Å². The maximum atomic E-state index is 13.0. The second-order valence-corrected chi connectivity index (χ2v) is 3.39. The second kappa shape index (κ2) is 3.69. The first-order chi connectivity index (χ1) is 7.16. The van der Waals surface area contributed by atoms with Crippen molar-refractivity contribution in [2.24, 2.45) is 0 Å². The molecule has 3 heteroatoms. The van der Waals surface area contributed by atoms with Crippen LogP contribution in [0.2, 0.25) is 0 Å². The molecule has 0 saturated heterocycles. The zero-order valence-electron chi connectivity index (χ0n) is 8.27. The van der Waals surface area contributed by atoms with E-state index in [0.29, 0.717) is 5.69 Å². The predicted octanol–water partition coefficient (Wildman–Crippen LogP) is 2.29. The van der Waals surface area contributed by atoms with E-state index in [4.69, 9.17) is 0 Å². The van der Waals surface area contributed by atoms with Gasteiger partial charge in [-0.1, -0.05) is 12.1 Å². The summed E-state index contributed by atoms with van der Waals surface area (Å²) in [6.45, 7) is 1.88. The van der Waals surface area contributed by atoms with Crippen molar-refractivity contribution in [2.75, 3.05) is 0 Å². The standard InChI is InChI=1S/C12H10FNO/c1-9-5-6-12(15)14(8-9)11-4-2-3-10(13)7-11/h2-8H,1H3. The van der Waals surface area contributed by atoms with Crippen LogP contribution in [0.4, 0.5) is 4.39 Å². The van der Waals surface area contributed by atoms with Crippen LogP contribution in [0.1, 0.15) is 5.56 Å². The molecule has 1 aromatic heterocycles. The second-order valence-electron chi connectivity index (χ2n) is 3.39. The monoisotopic (exact) mass is 203 g/mol. The number of aryl methyl sites for hydroxylation is 1. The minimum absolute atomic E-state index is 0.161. The van der Waals surface area contributed by atoms with E-state index in [9.17, 15) is 9.18 Å². The van der Waals surface area contributed by atoms with Gasteiger partial charge in [-0.05, 0) is 30.7 Å². The van der Waals surface area contributed by atoms with Gasteiger partial charge in [-0.15, -0.1) is 0 Å². The first-order valence-corrected chi connectivity index (χ1v) is 4.62. The maximum absolute atomic E-state index is 13.0. The number of hydrogen-bond donors (Lipinski definition) is 0. The summed E-state index contributed by atoms with van der Waals surface area (Å²) in [5.74, 6) is -0.346. The third kappa shape index (κ3) is 1.96. The summed E-state index contributed by atoms with van der Waals surface area (Å²) in [6.07, 6.45) is 1.69. The van der Waals surface area contributed by atoms with Crippen molar-refractivity contribution >= 4 is 0 Å². The zero-order chi connectivity index (χ0) is 10.8. The summed E-state index contributed by atoms with van der Waals surface area (Å²) >= 11 is 0. The quantitative estimate of drug-likeness (QED) is 0.697. The fourth-order valence-electron chi connectivity index (χ4n) is 1.42. The van der Waals surface area contributed by atoms with Crippen molar-refractivity contribution in [3.63, 3.8) is 0 Å². The number of pyridine rings is 1. The van der Waals surface area contributed by atoms with Crippen molar-refractivity contribution in [1.29, 1.82) is 0 Å². The Morgan fingerprint density at radius 1 is 1.20 bits per heavy atom. The largest absolute Gasteiger partial charge is 0.284 e. The van der Waals surface area contributed by atoms with Crippen molar-refractivity contribution in [1.82, 2.24) is 4.57 Å². The minimum Gasteiger partial charge on any atom is -0.284 e. The molecule has 0 aliphatic carbocycles. The summed E-state index contributed by atoms with van der Waals surface area (Å²) in [4.78, 5) is 11.5. The molecule has 1 heterocycles. The summed E-state index contributed by atoms with van der Waals surface area (Å²) < 4.78 is 14.4. The fourth-order valence-corrected chi connectivity index (χ4v) is 1.42. The maximum Gasteiger partial charge on any atom is 0.255 e. The fraction of sp³-hybridized carbons (Fsp3) is 0.0833. The molecular weight excluding hydrogens is 193 g/mol. The summed E-state index contributed by atoms with van der Waals surface area (Å²) in [6, 6.07) is 9.17. The lowest BCUT2D eigenvalue weighted by molar-refractivity contribution is 0.626. The van der Waals surface area contributed by atoms with Crippen LogP contribution in [-0.4, -0.2) is 4.57 Å². The highest BCUT2D eigenvalue weighted by molar-refractivity contribution is 5.33. The Morgan fingerprint density at radius 3 is 2.73 bits per heavy atom. The molecule has 0 saturated carbocycles. The molecule has 2 rings (SSSR count). The first-order valence-electron chi connectivity index (χ1n) is 4.62. The number of rotatable bonds is 1. The molecular formula is C12H10FNO. The van der Waals surface area contributed by atoms with Crippen molar-refractivity contribution < 1.29 is 4.39 Å². The van der Waals surface area contributed by atoms with E-state index in [0.717, 1.165) is 5.56 Å². The molecule has 0 aliphatic rings. The van der Waals surface area contributed by atoms with E-state index < -0.39 is 0 Å². The topological polar surface area (TPSA) is 22.0 Å². The molecule has 0 spiro atoms. The van der Waals surface area contributed by atoms with Gasteiger partial charge in [0.05, 0.1) is 5.69 Å². The lowest BCUT2D eigenvalue weighted by Gasteiger charge is -2.05. The molecule has 0 radical (unpaired) electrons. The lowest BCUT2D eigenvalue weighted by Crippen LogP contribution is -2.16. The number of halogens is 1. The van der Waals surface area contributed by atoms with E-state index in [1.807, 2.05) is 6.92 Å². The highest BCUT2D eigenvalue weighted by Crippen LogP contribution is 2.07. The van der Waals surface area contributed by atoms with Crippen LogP contribution in [0.15, 0.2) is 47.4 Å². The van der Waals surface area contributed by atoms with Crippen LogP contribution >= 0.6 is 0 Å². The molecule has 0 bridgehead atoms. The predicted molar refractivity (Wildman–Crippen MR) is 56.7 cm³/mol. The van der Waals surface area contributed by atoms with E-state index in [2.05, 4.69) is 0 Å². The molecule has 0 fully saturated rings. The molecule has 76 valence electrons. The molecule has 1 aromatic carbocycles. The third-order valence-electron chi connectivity index (χ3n) is 2.15. The van der Waals surface area contributed by atoms with Gasteiger partial charge < -0.3 is 0 Å². The van der Waals surface area contributed by atoms with Crippen LogP contribution in [0.3, 0.4) is 0 Å². The third-order valence-corrected chi connectivity index (χ3v) is 2.15. The van der Waals surface area contributed by atoms with Gasteiger partial charge in [0.15, 0.2) is 0 Å². The Bertz CT molecular complexity index is 545. The molecule has 0 N–H and O–H groups in total. The van der Waals surface area contributed by atoms with Crippen LogP contribution in [0.25, 0.3) is 5.69 Å². The number of benzene rings is 1. The van der Waals surface area contributed by atoms with Crippen molar-refractivity contribution in [3.8, 4) is 5.69 Å². The van der Waals surface area contributed by atoms with Crippen molar-refractivity contribution in [2.45, 2.75) is 6.92 Å². The zero-order valence-corrected chi connectivity index (χ0v) is 8.27. The number of hydrogen-bond acceptors (Lipinski definition) is 1. The summed E-state index contributed by atoms with van der Waals surface area (Å²) in [7, 11) is 0. The first kappa shape index (κ1) is 9.65. The van der Waals surface area contributed by atoms with Crippen molar-refractivity contribution in [3.05, 3.63) is 64.3 Å². The molecule has 0 aliphatic heterocycles. The SMILES string of the molecule is Cc1ccc(=O)n(-c2cccc(F)c2)c1. The Hall–Kier alpha value is -1.90. The van der Waals surface area contributed by atoms with Crippen LogP contribution in [0, 0.1) is 12.7 Å². The lowest BCUT2D eigenvalue weighted by atomic mass is 10.2. The molecule has 0 atom stereocenters. The Kier molecular flexibility index (Phi) is 2.37. The summed E-state index contributed by atoms with van der Waals surface area (Å²) in [5.41, 5.74) is 1.34. The van der Waals surface area contributed by atoms with Gasteiger partial charge in [-0.2, -0.15) is 0 Å². The molecule has 2 aromatic rings. The van der Waals surface area contributed by atoms with Gasteiger partial charge in [-0.25, -0.2) is 4.39 Å². The van der Waals surface area contributed by atoms with Gasteiger partial charge in [0.2, 0.25) is 0 Å². The number of nitrogens with zero attached hydrogens (tertiary/aromatic N) is 1. The molecule has 0 amide bonds. The molecule has 15 heavy (non-hydrogen) atoms. The van der Waals surface area contributed by atoms with E-state index >= 15 is 0 Å². The molecule has 2 nitrogen and oxygen atoms in total. The summed E-state index contributed by atoms with van der Waals surface area (Å²) in [5, 5.41) is 0. The highest BCUT2D eigenvalue weighted by atomic mass is 19.1. The minimum atomic E-state index is -0.346. The smallest absolute Gasteiger partial charge is 0.255 e. The normalized spacial score (nSPS) is 10.3. The van der Waals surface area contributed by atoms with E-state index in [1.165, 1.54) is 22.8 Å². The average molecular weight is 203 g/mol. The Labute approximate surface area is 86.6 Å². The van der Waals surface area contributed by atoms with E-state index in [-0.39, 0.29) is 11.4 Å². The Balaban J connectivity index is 2.63. The van der Waals surface area contributed by atoms with Crippen LogP contribution in [0.5, 0.6) is 0 Å². The van der Waals surface area contributed by atoms with Gasteiger partial charge in [0, 0.05) is 12.3 Å². The van der Waals surface area contributed by atoms with E-state index in [1.54, 1.807) is 24.4 Å². The molecule has 0 unspecified atom stereocenters. The van der Waals surface area contributed by atoms with Crippen LogP contribution in [-0.2, 0) is 0 Å². The highest BCUT2D eigenvalue weighted by Gasteiger charge is 2.00. The number of aromatic nitrogens is 1.